The van der Waals surface area contributed by atoms with Gasteiger partial charge in [-0.1, -0.05) is 20.8 Å². The Morgan fingerprint density at radius 1 is 1.11 bits per heavy atom. The van der Waals surface area contributed by atoms with E-state index in [0.717, 1.165) is 25.3 Å². The summed E-state index contributed by atoms with van der Waals surface area (Å²) in [6, 6.07) is 2.10. The van der Waals surface area contributed by atoms with Crippen molar-refractivity contribution in [3.8, 4) is 5.75 Å². The molecule has 19 heavy (non-hydrogen) atoms. The number of nitrogens with zero attached hydrogens (tertiary/aromatic N) is 1. The van der Waals surface area contributed by atoms with Crippen LogP contribution < -0.4 is 10.1 Å². The number of nitrogens with one attached hydrogen (secondary N) is 1. The van der Waals surface area contributed by atoms with Gasteiger partial charge in [0, 0.05) is 6.20 Å². The third-order valence-electron chi connectivity index (χ3n) is 2.77. The van der Waals surface area contributed by atoms with Gasteiger partial charge in [-0.05, 0) is 56.8 Å². The summed E-state index contributed by atoms with van der Waals surface area (Å²) in [5.41, 5.74) is 1.25. The molecule has 1 aromatic rings. The van der Waals surface area contributed by atoms with Gasteiger partial charge in [0.15, 0.2) is 0 Å². The van der Waals surface area contributed by atoms with Crippen molar-refractivity contribution in [1.29, 1.82) is 0 Å². The van der Waals surface area contributed by atoms with Gasteiger partial charge >= 0.3 is 0 Å². The quantitative estimate of drug-likeness (QED) is 0.782. The van der Waals surface area contributed by atoms with Crippen molar-refractivity contribution in [2.75, 3.05) is 13.1 Å². The number of hydrogen-bond donors (Lipinski definition) is 1. The molecule has 1 aromatic heterocycles. The SMILES string of the molecule is CC(C)CNCC(C)Cc1cncc(OC(C)C)c1. The number of pyridine rings is 1. The van der Waals surface area contributed by atoms with E-state index in [0.29, 0.717) is 11.8 Å². The van der Waals surface area contributed by atoms with Gasteiger partial charge in [-0.3, -0.25) is 4.98 Å². The van der Waals surface area contributed by atoms with Gasteiger partial charge in [0.25, 0.3) is 0 Å². The van der Waals surface area contributed by atoms with Crippen LogP contribution in [-0.2, 0) is 6.42 Å². The Bertz CT molecular complexity index is 364. The first kappa shape index (κ1) is 16.0. The highest BCUT2D eigenvalue weighted by Crippen LogP contribution is 2.15. The van der Waals surface area contributed by atoms with Crippen LogP contribution >= 0.6 is 0 Å². The van der Waals surface area contributed by atoms with Gasteiger partial charge in [-0.2, -0.15) is 0 Å². The van der Waals surface area contributed by atoms with E-state index in [1.165, 1.54) is 5.56 Å². The summed E-state index contributed by atoms with van der Waals surface area (Å²) in [6.07, 6.45) is 4.95. The van der Waals surface area contributed by atoms with Crippen molar-refractivity contribution in [3.05, 3.63) is 24.0 Å². The summed E-state index contributed by atoms with van der Waals surface area (Å²) in [5, 5.41) is 3.50. The van der Waals surface area contributed by atoms with Crippen molar-refractivity contribution < 1.29 is 4.74 Å². The highest BCUT2D eigenvalue weighted by molar-refractivity contribution is 5.24. The van der Waals surface area contributed by atoms with E-state index >= 15 is 0 Å². The van der Waals surface area contributed by atoms with Gasteiger partial charge in [-0.25, -0.2) is 0 Å². The Kier molecular flexibility index (Phi) is 6.85. The molecule has 3 nitrogen and oxygen atoms in total. The largest absolute Gasteiger partial charge is 0.489 e. The Morgan fingerprint density at radius 3 is 2.47 bits per heavy atom. The lowest BCUT2D eigenvalue weighted by Crippen LogP contribution is -2.26. The van der Waals surface area contributed by atoms with Gasteiger partial charge in [0.05, 0.1) is 12.3 Å². The Hall–Kier alpha value is -1.09. The van der Waals surface area contributed by atoms with Crippen molar-refractivity contribution in [3.63, 3.8) is 0 Å². The van der Waals surface area contributed by atoms with Crippen LogP contribution in [0.3, 0.4) is 0 Å². The Balaban J connectivity index is 2.43. The Morgan fingerprint density at radius 2 is 1.84 bits per heavy atom. The molecule has 0 aromatic carbocycles. The molecular formula is C16H28N2O. The van der Waals surface area contributed by atoms with Crippen LogP contribution in [-0.4, -0.2) is 24.2 Å². The van der Waals surface area contributed by atoms with Crippen molar-refractivity contribution in [2.24, 2.45) is 11.8 Å². The van der Waals surface area contributed by atoms with E-state index in [-0.39, 0.29) is 6.10 Å². The molecule has 3 heteroatoms. The molecule has 108 valence electrons. The van der Waals surface area contributed by atoms with Gasteiger partial charge in [-0.15, -0.1) is 0 Å². The zero-order valence-electron chi connectivity index (χ0n) is 12.9. The standard InChI is InChI=1S/C16H28N2O/c1-12(2)8-17-9-14(5)6-15-7-16(11-18-10-15)19-13(3)4/h7,10-14,17H,6,8-9H2,1-5H3. The summed E-state index contributed by atoms with van der Waals surface area (Å²) in [7, 11) is 0. The molecule has 1 atom stereocenters. The minimum Gasteiger partial charge on any atom is -0.489 e. The molecule has 1 rings (SSSR count). The zero-order valence-corrected chi connectivity index (χ0v) is 12.9. The molecule has 0 amide bonds. The molecule has 0 radical (unpaired) electrons. The van der Waals surface area contributed by atoms with Crippen LogP contribution in [0.15, 0.2) is 18.5 Å². The summed E-state index contributed by atoms with van der Waals surface area (Å²) < 4.78 is 5.67. The van der Waals surface area contributed by atoms with E-state index < -0.39 is 0 Å². The maximum Gasteiger partial charge on any atom is 0.138 e. The minimum absolute atomic E-state index is 0.196. The van der Waals surface area contributed by atoms with E-state index in [9.17, 15) is 0 Å². The molecule has 0 fully saturated rings. The third-order valence-corrected chi connectivity index (χ3v) is 2.77. The summed E-state index contributed by atoms with van der Waals surface area (Å²) in [4.78, 5) is 4.25. The third kappa shape index (κ3) is 7.16. The second-order valence-corrected chi connectivity index (χ2v) is 6.06. The predicted octanol–water partition coefficient (Wildman–Crippen LogP) is 3.29. The molecule has 1 unspecified atom stereocenters. The van der Waals surface area contributed by atoms with Crippen LogP contribution in [0, 0.1) is 11.8 Å². The number of aromatic nitrogens is 1. The number of hydrogen-bond acceptors (Lipinski definition) is 3. The zero-order chi connectivity index (χ0) is 14.3. The van der Waals surface area contributed by atoms with E-state index in [2.05, 4.69) is 37.1 Å². The highest BCUT2D eigenvalue weighted by Gasteiger charge is 2.06. The molecule has 1 heterocycles. The van der Waals surface area contributed by atoms with Crippen LogP contribution in [0.5, 0.6) is 5.75 Å². The van der Waals surface area contributed by atoms with Crippen molar-refractivity contribution in [2.45, 2.75) is 47.1 Å². The molecule has 0 spiro atoms. The van der Waals surface area contributed by atoms with Crippen LogP contribution in [0.4, 0.5) is 0 Å². The summed E-state index contributed by atoms with van der Waals surface area (Å²) in [5.74, 6) is 2.18. The lowest BCUT2D eigenvalue weighted by Gasteiger charge is -2.15. The molecule has 0 aliphatic carbocycles. The van der Waals surface area contributed by atoms with E-state index in [1.54, 1.807) is 6.20 Å². The first-order valence-electron chi connectivity index (χ1n) is 7.28. The predicted molar refractivity (Wildman–Crippen MR) is 80.6 cm³/mol. The molecule has 1 N–H and O–H groups in total. The average molecular weight is 264 g/mol. The Labute approximate surface area is 117 Å². The maximum atomic E-state index is 5.67. The van der Waals surface area contributed by atoms with E-state index in [4.69, 9.17) is 4.74 Å². The maximum absolute atomic E-state index is 5.67. The van der Waals surface area contributed by atoms with Gasteiger partial charge in [0.1, 0.15) is 5.75 Å². The monoisotopic (exact) mass is 264 g/mol. The van der Waals surface area contributed by atoms with Crippen LogP contribution in [0.1, 0.15) is 40.2 Å². The molecule has 0 saturated carbocycles. The topological polar surface area (TPSA) is 34.2 Å². The molecule has 0 bridgehead atoms. The molecule has 0 aliphatic rings. The highest BCUT2D eigenvalue weighted by atomic mass is 16.5. The lowest BCUT2D eigenvalue weighted by molar-refractivity contribution is 0.241. The van der Waals surface area contributed by atoms with Crippen LogP contribution in [0.25, 0.3) is 0 Å². The fraction of sp³-hybridized carbons (Fsp3) is 0.688. The van der Waals surface area contributed by atoms with Crippen molar-refractivity contribution >= 4 is 0 Å². The molecular weight excluding hydrogens is 236 g/mol. The fourth-order valence-electron chi connectivity index (χ4n) is 2.00. The average Bonchev–Trinajstić information content (AvgIpc) is 2.27. The minimum atomic E-state index is 0.196. The van der Waals surface area contributed by atoms with Crippen molar-refractivity contribution in [1.82, 2.24) is 10.3 Å². The lowest BCUT2D eigenvalue weighted by atomic mass is 10.0. The first-order valence-corrected chi connectivity index (χ1v) is 7.28. The number of ether oxygens (including phenoxy) is 1. The first-order chi connectivity index (χ1) is 8.97. The fourth-order valence-corrected chi connectivity index (χ4v) is 2.00. The van der Waals surface area contributed by atoms with Crippen LogP contribution in [0.2, 0.25) is 0 Å². The molecule has 0 saturated heterocycles. The second kappa shape index (κ2) is 8.16. The number of rotatable bonds is 8. The van der Waals surface area contributed by atoms with Gasteiger partial charge in [0.2, 0.25) is 0 Å². The van der Waals surface area contributed by atoms with Gasteiger partial charge < -0.3 is 10.1 Å². The summed E-state index contributed by atoms with van der Waals surface area (Å²) >= 11 is 0. The van der Waals surface area contributed by atoms with E-state index in [1.807, 2.05) is 20.0 Å². The normalized spacial score (nSPS) is 13.0. The molecule has 0 aliphatic heterocycles. The summed E-state index contributed by atoms with van der Waals surface area (Å²) in [6.45, 7) is 12.9. The smallest absolute Gasteiger partial charge is 0.138 e. The second-order valence-electron chi connectivity index (χ2n) is 6.06.